The fourth-order valence-corrected chi connectivity index (χ4v) is 1.23. The first-order chi connectivity index (χ1) is 5.65. The molecule has 3 heteroatoms. The molecule has 3 nitrogen and oxygen atoms in total. The normalized spacial score (nSPS) is 12.5. The predicted molar refractivity (Wildman–Crippen MR) is 45.3 cm³/mol. The summed E-state index contributed by atoms with van der Waals surface area (Å²) in [7, 11) is 0. The van der Waals surface area contributed by atoms with E-state index in [9.17, 15) is 0 Å². The van der Waals surface area contributed by atoms with E-state index in [1.807, 2.05) is 26.0 Å². The molecule has 64 valence electrons. The molecule has 1 aromatic rings. The molecule has 0 spiro atoms. The van der Waals surface area contributed by atoms with Crippen molar-refractivity contribution in [3.05, 3.63) is 23.2 Å². The van der Waals surface area contributed by atoms with Crippen molar-refractivity contribution in [1.82, 2.24) is 0 Å². The van der Waals surface area contributed by atoms with Gasteiger partial charge >= 0.3 is 0 Å². The molecule has 1 heterocycles. The van der Waals surface area contributed by atoms with Crippen molar-refractivity contribution >= 4 is 0 Å². The molecule has 1 aromatic heterocycles. The quantitative estimate of drug-likeness (QED) is 0.725. The lowest BCUT2D eigenvalue weighted by atomic mass is 10.1. The van der Waals surface area contributed by atoms with E-state index in [4.69, 9.17) is 15.4 Å². The zero-order valence-corrected chi connectivity index (χ0v) is 7.29. The second-order valence-electron chi connectivity index (χ2n) is 2.84. The summed E-state index contributed by atoms with van der Waals surface area (Å²) in [4.78, 5) is 0. The zero-order chi connectivity index (χ0) is 9.14. The topological polar surface area (TPSA) is 63.0 Å². The van der Waals surface area contributed by atoms with Gasteiger partial charge in [-0.1, -0.05) is 0 Å². The van der Waals surface area contributed by atoms with Crippen molar-refractivity contribution < 1.29 is 4.42 Å². The Balaban J connectivity index is 2.88. The minimum atomic E-state index is -0.215. The second-order valence-corrected chi connectivity index (χ2v) is 2.84. The van der Waals surface area contributed by atoms with E-state index >= 15 is 0 Å². The number of hydrogen-bond acceptors (Lipinski definition) is 3. The van der Waals surface area contributed by atoms with Crippen molar-refractivity contribution in [3.8, 4) is 6.07 Å². The average molecular weight is 164 g/mol. The minimum Gasteiger partial charge on any atom is -0.466 e. The van der Waals surface area contributed by atoms with Crippen molar-refractivity contribution in [2.75, 3.05) is 0 Å². The number of rotatable bonds is 2. The van der Waals surface area contributed by atoms with Gasteiger partial charge in [-0.3, -0.25) is 0 Å². The third-order valence-corrected chi connectivity index (χ3v) is 1.79. The first kappa shape index (κ1) is 8.82. The van der Waals surface area contributed by atoms with Gasteiger partial charge in [-0.15, -0.1) is 0 Å². The lowest BCUT2D eigenvalue weighted by Gasteiger charge is -2.03. The van der Waals surface area contributed by atoms with Crippen LogP contribution in [0.2, 0.25) is 0 Å². The molecular weight excluding hydrogens is 152 g/mol. The summed E-state index contributed by atoms with van der Waals surface area (Å²) >= 11 is 0. The van der Waals surface area contributed by atoms with Gasteiger partial charge in [0.25, 0.3) is 0 Å². The van der Waals surface area contributed by atoms with Crippen LogP contribution in [-0.2, 0) is 0 Å². The van der Waals surface area contributed by atoms with Crippen LogP contribution >= 0.6 is 0 Å². The Morgan fingerprint density at radius 3 is 2.75 bits per heavy atom. The van der Waals surface area contributed by atoms with Crippen molar-refractivity contribution in [3.63, 3.8) is 0 Å². The second kappa shape index (κ2) is 3.42. The summed E-state index contributed by atoms with van der Waals surface area (Å²) in [5.74, 6) is 1.66. The van der Waals surface area contributed by atoms with Crippen molar-refractivity contribution in [2.45, 2.75) is 26.3 Å². The fraction of sp³-hybridized carbons (Fsp3) is 0.444. The van der Waals surface area contributed by atoms with Gasteiger partial charge in [0.15, 0.2) is 0 Å². The predicted octanol–water partition coefficient (Wildman–Crippen LogP) is 1.81. The van der Waals surface area contributed by atoms with Crippen LogP contribution in [-0.4, -0.2) is 0 Å². The summed E-state index contributed by atoms with van der Waals surface area (Å²) in [6.07, 6.45) is 0.333. The Morgan fingerprint density at radius 2 is 2.33 bits per heavy atom. The molecule has 0 aromatic carbocycles. The maximum atomic E-state index is 8.44. The van der Waals surface area contributed by atoms with Crippen LogP contribution < -0.4 is 5.73 Å². The van der Waals surface area contributed by atoms with E-state index in [0.717, 1.165) is 17.1 Å². The molecular formula is C9H12N2O. The van der Waals surface area contributed by atoms with E-state index in [1.54, 1.807) is 0 Å². The van der Waals surface area contributed by atoms with E-state index in [1.165, 1.54) is 0 Å². The average Bonchev–Trinajstić information content (AvgIpc) is 2.30. The first-order valence-electron chi connectivity index (χ1n) is 3.84. The van der Waals surface area contributed by atoms with Gasteiger partial charge in [0.05, 0.1) is 12.5 Å². The Bertz CT molecular complexity index is 309. The van der Waals surface area contributed by atoms with Crippen LogP contribution in [0.15, 0.2) is 10.5 Å². The highest BCUT2D eigenvalue weighted by atomic mass is 16.3. The Hall–Kier alpha value is -1.27. The molecule has 0 aliphatic carbocycles. The highest BCUT2D eigenvalue weighted by molar-refractivity contribution is 5.24. The molecule has 0 aliphatic heterocycles. The lowest BCUT2D eigenvalue weighted by molar-refractivity contribution is 0.497. The van der Waals surface area contributed by atoms with Gasteiger partial charge in [0, 0.05) is 11.6 Å². The smallest absolute Gasteiger partial charge is 0.105 e. The maximum absolute atomic E-state index is 8.44. The minimum absolute atomic E-state index is 0.215. The van der Waals surface area contributed by atoms with E-state index in [0.29, 0.717) is 6.42 Å². The van der Waals surface area contributed by atoms with Crippen LogP contribution in [0.1, 0.15) is 29.5 Å². The van der Waals surface area contributed by atoms with Gasteiger partial charge in [-0.2, -0.15) is 5.26 Å². The maximum Gasteiger partial charge on any atom is 0.105 e. The van der Waals surface area contributed by atoms with Gasteiger partial charge < -0.3 is 10.2 Å². The molecule has 0 saturated heterocycles. The van der Waals surface area contributed by atoms with Crippen LogP contribution in [0.25, 0.3) is 0 Å². The molecule has 1 rings (SSSR count). The molecule has 2 N–H and O–H groups in total. The number of nitriles is 1. The first-order valence-corrected chi connectivity index (χ1v) is 3.84. The molecule has 0 unspecified atom stereocenters. The summed E-state index contributed by atoms with van der Waals surface area (Å²) in [5.41, 5.74) is 6.68. The Morgan fingerprint density at radius 1 is 1.67 bits per heavy atom. The summed E-state index contributed by atoms with van der Waals surface area (Å²) in [5, 5.41) is 8.44. The molecule has 0 saturated carbocycles. The molecule has 12 heavy (non-hydrogen) atoms. The van der Waals surface area contributed by atoms with E-state index < -0.39 is 0 Å². The molecule has 1 atom stereocenters. The SMILES string of the molecule is Cc1cc([C@H](N)CC#N)c(C)o1. The standard InChI is InChI=1S/C9H12N2O/c1-6-5-8(7(2)12-6)9(11)3-4-10/h5,9H,3,11H2,1-2H3/t9-/m1/s1. The Kier molecular flexibility index (Phi) is 2.51. The molecule has 0 bridgehead atoms. The molecule has 0 aliphatic rings. The van der Waals surface area contributed by atoms with Crippen molar-refractivity contribution in [1.29, 1.82) is 5.26 Å². The summed E-state index contributed by atoms with van der Waals surface area (Å²) in [6, 6.07) is 3.71. The number of hydrogen-bond donors (Lipinski definition) is 1. The molecule has 0 fully saturated rings. The highest BCUT2D eigenvalue weighted by Crippen LogP contribution is 2.21. The molecule has 0 amide bonds. The van der Waals surface area contributed by atoms with Gasteiger partial charge in [0.1, 0.15) is 11.5 Å². The number of aryl methyl sites for hydroxylation is 2. The van der Waals surface area contributed by atoms with Gasteiger partial charge in [-0.05, 0) is 19.9 Å². The third kappa shape index (κ3) is 1.66. The van der Waals surface area contributed by atoms with Crippen LogP contribution in [0.3, 0.4) is 0 Å². The number of nitrogens with two attached hydrogens (primary N) is 1. The summed E-state index contributed by atoms with van der Waals surface area (Å²) < 4.78 is 5.29. The van der Waals surface area contributed by atoms with Crippen LogP contribution in [0.5, 0.6) is 0 Å². The zero-order valence-electron chi connectivity index (χ0n) is 7.29. The Labute approximate surface area is 71.8 Å². The number of nitrogens with zero attached hydrogens (tertiary/aromatic N) is 1. The summed E-state index contributed by atoms with van der Waals surface area (Å²) in [6.45, 7) is 3.73. The van der Waals surface area contributed by atoms with E-state index in [2.05, 4.69) is 0 Å². The van der Waals surface area contributed by atoms with Crippen molar-refractivity contribution in [2.24, 2.45) is 5.73 Å². The number of furan rings is 1. The largest absolute Gasteiger partial charge is 0.466 e. The third-order valence-electron chi connectivity index (χ3n) is 1.79. The highest BCUT2D eigenvalue weighted by Gasteiger charge is 2.11. The van der Waals surface area contributed by atoms with Gasteiger partial charge in [-0.25, -0.2) is 0 Å². The van der Waals surface area contributed by atoms with E-state index in [-0.39, 0.29) is 6.04 Å². The van der Waals surface area contributed by atoms with Crippen LogP contribution in [0, 0.1) is 25.2 Å². The molecule has 0 radical (unpaired) electrons. The van der Waals surface area contributed by atoms with Gasteiger partial charge in [0.2, 0.25) is 0 Å². The van der Waals surface area contributed by atoms with Crippen LogP contribution in [0.4, 0.5) is 0 Å². The fourth-order valence-electron chi connectivity index (χ4n) is 1.23. The monoisotopic (exact) mass is 164 g/mol. The lowest BCUT2D eigenvalue weighted by Crippen LogP contribution is -2.09.